The van der Waals surface area contributed by atoms with Gasteiger partial charge < -0.3 is 4.90 Å². The highest BCUT2D eigenvalue weighted by Crippen LogP contribution is 2.04. The van der Waals surface area contributed by atoms with Crippen LogP contribution in [-0.2, 0) is 10.8 Å². The summed E-state index contributed by atoms with van der Waals surface area (Å²) in [6.07, 6.45) is 0. The van der Waals surface area contributed by atoms with E-state index in [0.29, 0.717) is 13.1 Å². The fraction of sp³-hybridized carbons (Fsp3) is 0.625. The third kappa shape index (κ3) is 4.43. The van der Waals surface area contributed by atoms with Crippen LogP contribution in [0.2, 0.25) is 0 Å². The van der Waals surface area contributed by atoms with E-state index in [0.717, 1.165) is 0 Å². The van der Waals surface area contributed by atoms with Crippen molar-refractivity contribution < 1.29 is 9.00 Å². The number of hydrogen-bond donors (Lipinski definition) is 0. The van der Waals surface area contributed by atoms with Gasteiger partial charge in [0.1, 0.15) is 10.8 Å². The van der Waals surface area contributed by atoms with Crippen LogP contribution in [0.25, 0.3) is 0 Å². The molecule has 13 heavy (non-hydrogen) atoms. The van der Waals surface area contributed by atoms with Crippen LogP contribution in [0.1, 0.15) is 13.8 Å². The molecule has 0 aromatic carbocycles. The Hall–Kier alpha value is -0.350. The molecule has 0 spiro atoms. The molecule has 0 N–H and O–H groups in total. The summed E-state index contributed by atoms with van der Waals surface area (Å²) in [7, 11) is -1.57. The van der Waals surface area contributed by atoms with Crippen molar-refractivity contribution in [3.05, 3.63) is 11.6 Å². The van der Waals surface area contributed by atoms with E-state index in [-0.39, 0.29) is 16.0 Å². The first-order valence-corrected chi connectivity index (χ1v) is 5.73. The highest BCUT2D eigenvalue weighted by Gasteiger charge is 2.17. The maximum Gasteiger partial charge on any atom is 0.312 e. The lowest BCUT2D eigenvalue weighted by atomic mass is 10.6. The minimum atomic E-state index is -1.57. The summed E-state index contributed by atoms with van der Waals surface area (Å²) in [4.78, 5) is 12.9. The smallest absolute Gasteiger partial charge is 0.312 e. The van der Waals surface area contributed by atoms with Gasteiger partial charge in [0.05, 0.1) is 5.75 Å². The molecular formula is C8H14ClNO2S. The molecule has 0 saturated heterocycles. The number of carbonyl (C=O) groups excluding carboxylic acids is 1. The molecule has 0 aromatic rings. The average molecular weight is 224 g/mol. The summed E-state index contributed by atoms with van der Waals surface area (Å²) >= 11 is 5.45. The van der Waals surface area contributed by atoms with E-state index in [4.69, 9.17) is 11.6 Å². The topological polar surface area (TPSA) is 37.4 Å². The second kappa shape index (κ2) is 6.16. The Balaban J connectivity index is 4.24. The van der Waals surface area contributed by atoms with E-state index in [2.05, 4.69) is 6.58 Å². The number of nitrogens with zero attached hydrogens (tertiary/aromatic N) is 1. The van der Waals surface area contributed by atoms with Crippen LogP contribution in [0.15, 0.2) is 11.6 Å². The first kappa shape index (κ1) is 12.7. The standard InChI is InChI=1S/C8H14ClNO2S/c1-4-10(5-2)8(11)13(12)6-7(3)9/h3-6H2,1-2H3. The van der Waals surface area contributed by atoms with Crippen LogP contribution in [0.3, 0.4) is 0 Å². The van der Waals surface area contributed by atoms with E-state index in [1.165, 1.54) is 4.90 Å². The van der Waals surface area contributed by atoms with Crippen molar-refractivity contribution in [2.45, 2.75) is 13.8 Å². The molecule has 0 aromatic heterocycles. The van der Waals surface area contributed by atoms with Gasteiger partial charge >= 0.3 is 5.24 Å². The number of hydrogen-bond acceptors (Lipinski definition) is 2. The Kier molecular flexibility index (Phi) is 5.99. The maximum absolute atomic E-state index is 11.4. The molecule has 1 amide bonds. The Morgan fingerprint density at radius 2 is 1.92 bits per heavy atom. The zero-order chi connectivity index (χ0) is 10.4. The fourth-order valence-electron chi connectivity index (χ4n) is 0.830. The van der Waals surface area contributed by atoms with Crippen LogP contribution in [-0.4, -0.2) is 33.2 Å². The molecule has 0 bridgehead atoms. The molecule has 5 heteroatoms. The van der Waals surface area contributed by atoms with Gasteiger partial charge in [0, 0.05) is 18.1 Å². The zero-order valence-electron chi connectivity index (χ0n) is 7.88. The van der Waals surface area contributed by atoms with Gasteiger partial charge in [-0.2, -0.15) is 0 Å². The van der Waals surface area contributed by atoms with Gasteiger partial charge in [0.15, 0.2) is 0 Å². The summed E-state index contributed by atoms with van der Waals surface area (Å²) in [5.74, 6) is 0.0386. The van der Waals surface area contributed by atoms with E-state index < -0.39 is 10.8 Å². The predicted octanol–water partition coefficient (Wildman–Crippen LogP) is 1.95. The third-order valence-electron chi connectivity index (χ3n) is 1.50. The molecule has 0 radical (unpaired) electrons. The molecule has 0 saturated carbocycles. The number of halogens is 1. The lowest BCUT2D eigenvalue weighted by Crippen LogP contribution is -2.33. The summed E-state index contributed by atoms with van der Waals surface area (Å²) in [6.45, 7) is 8.20. The quantitative estimate of drug-likeness (QED) is 0.731. The first-order chi connectivity index (χ1) is 6.02. The molecule has 1 unspecified atom stereocenters. The summed E-state index contributed by atoms with van der Waals surface area (Å²) in [5.41, 5.74) is 0. The zero-order valence-corrected chi connectivity index (χ0v) is 9.45. The van der Waals surface area contributed by atoms with E-state index >= 15 is 0 Å². The SMILES string of the molecule is C=C(Cl)CS(=O)C(=O)N(CC)CC. The third-order valence-corrected chi connectivity index (χ3v) is 3.05. The summed E-state index contributed by atoms with van der Waals surface area (Å²) in [5, 5.41) is -0.120. The Labute approximate surface area is 86.2 Å². The average Bonchev–Trinajstić information content (AvgIpc) is 2.05. The second-order valence-electron chi connectivity index (χ2n) is 2.45. The maximum atomic E-state index is 11.4. The van der Waals surface area contributed by atoms with Gasteiger partial charge in [-0.25, -0.2) is 4.21 Å². The van der Waals surface area contributed by atoms with Crippen molar-refractivity contribution in [2.75, 3.05) is 18.8 Å². The number of rotatable bonds is 4. The van der Waals surface area contributed by atoms with E-state index in [9.17, 15) is 9.00 Å². The van der Waals surface area contributed by atoms with Crippen LogP contribution < -0.4 is 0 Å². The lowest BCUT2D eigenvalue weighted by Gasteiger charge is -2.17. The Morgan fingerprint density at radius 1 is 1.46 bits per heavy atom. The lowest BCUT2D eigenvalue weighted by molar-refractivity contribution is 0.227. The van der Waals surface area contributed by atoms with Gasteiger partial charge in [-0.1, -0.05) is 18.2 Å². The molecule has 0 aliphatic rings. The van der Waals surface area contributed by atoms with E-state index in [1.54, 1.807) is 0 Å². The fourth-order valence-corrected chi connectivity index (χ4v) is 2.08. The van der Waals surface area contributed by atoms with Gasteiger partial charge in [0.2, 0.25) is 0 Å². The number of carbonyl (C=O) groups is 1. The highest BCUT2D eigenvalue weighted by molar-refractivity contribution is 8.00. The predicted molar refractivity (Wildman–Crippen MR) is 56.3 cm³/mol. The van der Waals surface area contributed by atoms with Crippen molar-refractivity contribution in [3.8, 4) is 0 Å². The highest BCUT2D eigenvalue weighted by atomic mass is 35.5. The molecule has 0 heterocycles. The minimum absolute atomic E-state index is 0.0386. The van der Waals surface area contributed by atoms with Crippen LogP contribution in [0.5, 0.6) is 0 Å². The first-order valence-electron chi connectivity index (χ1n) is 4.03. The molecule has 0 rings (SSSR count). The van der Waals surface area contributed by atoms with Crippen molar-refractivity contribution in [3.63, 3.8) is 0 Å². The van der Waals surface area contributed by atoms with Gasteiger partial charge in [-0.3, -0.25) is 4.79 Å². The van der Waals surface area contributed by atoms with Crippen molar-refractivity contribution in [1.29, 1.82) is 0 Å². The second-order valence-corrected chi connectivity index (χ2v) is 4.31. The molecule has 3 nitrogen and oxygen atoms in total. The summed E-state index contributed by atoms with van der Waals surface area (Å²) < 4.78 is 11.3. The van der Waals surface area contributed by atoms with Crippen LogP contribution >= 0.6 is 11.6 Å². The van der Waals surface area contributed by atoms with Crippen molar-refractivity contribution >= 4 is 27.6 Å². The minimum Gasteiger partial charge on any atom is -0.332 e. The number of amides is 1. The van der Waals surface area contributed by atoms with Gasteiger partial charge in [0.25, 0.3) is 0 Å². The van der Waals surface area contributed by atoms with Crippen molar-refractivity contribution in [1.82, 2.24) is 4.90 Å². The van der Waals surface area contributed by atoms with Gasteiger partial charge in [-0.05, 0) is 13.8 Å². The van der Waals surface area contributed by atoms with Gasteiger partial charge in [-0.15, -0.1) is 0 Å². The van der Waals surface area contributed by atoms with Crippen molar-refractivity contribution in [2.24, 2.45) is 0 Å². The molecule has 0 aliphatic heterocycles. The van der Waals surface area contributed by atoms with E-state index in [1.807, 2.05) is 13.8 Å². The molecule has 0 fully saturated rings. The molecule has 0 aliphatic carbocycles. The molecule has 1 atom stereocenters. The molecule has 76 valence electrons. The Morgan fingerprint density at radius 3 is 2.23 bits per heavy atom. The molecular weight excluding hydrogens is 210 g/mol. The normalized spacial score (nSPS) is 12.2. The largest absolute Gasteiger partial charge is 0.332 e. The Bertz CT molecular complexity index is 226. The van der Waals surface area contributed by atoms with Crippen LogP contribution in [0.4, 0.5) is 4.79 Å². The van der Waals surface area contributed by atoms with Crippen LogP contribution in [0, 0.1) is 0 Å². The summed E-state index contributed by atoms with van der Waals surface area (Å²) in [6, 6.07) is 0. The monoisotopic (exact) mass is 223 g/mol.